The van der Waals surface area contributed by atoms with E-state index in [1.807, 2.05) is 49.4 Å². The minimum atomic E-state index is -0.108. The molecule has 0 radical (unpaired) electrons. The first-order valence-electron chi connectivity index (χ1n) is 9.81. The van der Waals surface area contributed by atoms with Crippen molar-refractivity contribution in [3.05, 3.63) is 82.0 Å². The molecule has 0 saturated carbocycles. The molecule has 150 valence electrons. The molecule has 29 heavy (non-hydrogen) atoms. The topological polar surface area (TPSA) is 64.2 Å². The van der Waals surface area contributed by atoms with E-state index in [0.29, 0.717) is 19.8 Å². The van der Waals surface area contributed by atoms with E-state index in [0.717, 1.165) is 17.1 Å². The zero-order chi connectivity index (χ0) is 20.1. The minimum Gasteiger partial charge on any atom is -0.486 e. The molecule has 1 amide bonds. The van der Waals surface area contributed by atoms with Crippen molar-refractivity contribution in [2.45, 2.75) is 19.0 Å². The Hall–Kier alpha value is -2.83. The molecule has 0 bridgehead atoms. The van der Waals surface area contributed by atoms with E-state index in [2.05, 4.69) is 34.2 Å². The smallest absolute Gasteiger partial charge is 0.275 e. The molecule has 1 aliphatic rings. The summed E-state index contributed by atoms with van der Waals surface area (Å²) in [5.74, 6) is 1.50. The number of benzene rings is 2. The molecule has 2 aromatic carbocycles. The molecular weight excluding hydrogens is 384 g/mol. The third kappa shape index (κ3) is 4.78. The summed E-state index contributed by atoms with van der Waals surface area (Å²) in [5.41, 5.74) is 2.20. The van der Waals surface area contributed by atoms with E-state index in [1.54, 1.807) is 11.3 Å². The third-order valence-electron chi connectivity index (χ3n) is 4.99. The summed E-state index contributed by atoms with van der Waals surface area (Å²) in [7, 11) is 0. The molecule has 4 rings (SSSR count). The SMILES string of the molecule is C[C@@H](NC(=O)C[NH2+][C@@H](c1ccccc1)c1cccs1)c1ccc2c(c1)OCCO2. The number of nitrogens with one attached hydrogen (secondary N) is 1. The fourth-order valence-corrected chi connectivity index (χ4v) is 4.33. The van der Waals surface area contributed by atoms with Crippen LogP contribution in [0.1, 0.15) is 35.0 Å². The third-order valence-corrected chi connectivity index (χ3v) is 5.95. The quantitative estimate of drug-likeness (QED) is 0.630. The van der Waals surface area contributed by atoms with Crippen LogP contribution in [0.4, 0.5) is 0 Å². The van der Waals surface area contributed by atoms with Gasteiger partial charge in [-0.05, 0) is 36.1 Å². The van der Waals surface area contributed by atoms with E-state index < -0.39 is 0 Å². The summed E-state index contributed by atoms with van der Waals surface area (Å²) in [6.45, 7) is 3.46. The van der Waals surface area contributed by atoms with Gasteiger partial charge in [0, 0.05) is 5.56 Å². The Bertz CT molecular complexity index is 944. The molecule has 0 spiro atoms. The van der Waals surface area contributed by atoms with Gasteiger partial charge in [-0.3, -0.25) is 4.79 Å². The van der Waals surface area contributed by atoms with Gasteiger partial charge in [0.25, 0.3) is 5.91 Å². The molecule has 0 saturated heterocycles. The number of fused-ring (bicyclic) bond motifs is 1. The predicted molar refractivity (Wildman–Crippen MR) is 113 cm³/mol. The lowest BCUT2D eigenvalue weighted by atomic mass is 10.1. The molecule has 2 heterocycles. The average molecular weight is 410 g/mol. The Morgan fingerprint density at radius 3 is 2.59 bits per heavy atom. The van der Waals surface area contributed by atoms with Gasteiger partial charge in [-0.2, -0.15) is 0 Å². The summed E-state index contributed by atoms with van der Waals surface area (Å²) in [4.78, 5) is 13.9. The first-order chi connectivity index (χ1) is 14.2. The molecule has 6 heteroatoms. The minimum absolute atomic E-state index is 0.00452. The number of amides is 1. The Morgan fingerprint density at radius 2 is 1.83 bits per heavy atom. The monoisotopic (exact) mass is 409 g/mol. The van der Waals surface area contributed by atoms with Crippen LogP contribution in [0, 0.1) is 0 Å². The first-order valence-corrected chi connectivity index (χ1v) is 10.7. The highest BCUT2D eigenvalue weighted by molar-refractivity contribution is 7.10. The lowest BCUT2D eigenvalue weighted by Crippen LogP contribution is -2.87. The summed E-state index contributed by atoms with van der Waals surface area (Å²) in [6, 6.07) is 20.3. The number of rotatable bonds is 7. The Kier molecular flexibility index (Phi) is 6.12. The molecule has 1 aliphatic heterocycles. The molecule has 0 aliphatic carbocycles. The summed E-state index contributed by atoms with van der Waals surface area (Å²) >= 11 is 1.71. The summed E-state index contributed by atoms with van der Waals surface area (Å²) < 4.78 is 11.2. The number of ether oxygens (including phenoxy) is 2. The highest BCUT2D eigenvalue weighted by Crippen LogP contribution is 2.32. The standard InChI is InChI=1S/C23H24N2O3S/c1-16(18-9-10-19-20(14-18)28-12-11-27-19)25-22(26)15-24-23(21-8-5-13-29-21)17-6-3-2-4-7-17/h2-10,13-14,16,23-24H,11-12,15H2,1H3,(H,25,26)/p+1/t16-,23+/m1/s1. The lowest BCUT2D eigenvalue weighted by molar-refractivity contribution is -0.676. The predicted octanol–water partition coefficient (Wildman–Crippen LogP) is 3.05. The molecule has 1 aromatic heterocycles. The number of carbonyl (C=O) groups excluding carboxylic acids is 1. The van der Waals surface area contributed by atoms with Crippen molar-refractivity contribution >= 4 is 17.2 Å². The van der Waals surface area contributed by atoms with Crippen LogP contribution >= 0.6 is 11.3 Å². The van der Waals surface area contributed by atoms with Crippen LogP contribution in [-0.4, -0.2) is 25.7 Å². The van der Waals surface area contributed by atoms with Crippen LogP contribution in [0.5, 0.6) is 11.5 Å². The van der Waals surface area contributed by atoms with E-state index in [4.69, 9.17) is 9.47 Å². The molecule has 0 unspecified atom stereocenters. The van der Waals surface area contributed by atoms with Gasteiger partial charge in [-0.15, -0.1) is 11.3 Å². The van der Waals surface area contributed by atoms with Crippen molar-refractivity contribution in [2.24, 2.45) is 0 Å². The second kappa shape index (κ2) is 9.11. The van der Waals surface area contributed by atoms with Crippen molar-refractivity contribution in [3.8, 4) is 11.5 Å². The Morgan fingerprint density at radius 1 is 1.03 bits per heavy atom. The van der Waals surface area contributed by atoms with Gasteiger partial charge in [0.15, 0.2) is 18.0 Å². The fraction of sp³-hybridized carbons (Fsp3) is 0.261. The second-order valence-corrected chi connectivity index (χ2v) is 8.02. The highest BCUT2D eigenvalue weighted by atomic mass is 32.1. The molecule has 2 atom stereocenters. The normalized spacial score (nSPS) is 14.8. The highest BCUT2D eigenvalue weighted by Gasteiger charge is 2.21. The van der Waals surface area contributed by atoms with Gasteiger partial charge >= 0.3 is 0 Å². The Labute approximate surface area is 174 Å². The zero-order valence-electron chi connectivity index (χ0n) is 16.3. The fourth-order valence-electron chi connectivity index (χ4n) is 3.48. The molecule has 3 N–H and O–H groups in total. The van der Waals surface area contributed by atoms with Gasteiger partial charge in [-0.1, -0.05) is 42.5 Å². The van der Waals surface area contributed by atoms with Crippen molar-refractivity contribution in [1.29, 1.82) is 0 Å². The Balaban J connectivity index is 1.38. The van der Waals surface area contributed by atoms with E-state index in [-0.39, 0.29) is 18.0 Å². The maximum absolute atomic E-state index is 12.6. The van der Waals surface area contributed by atoms with Gasteiger partial charge in [-0.25, -0.2) is 0 Å². The van der Waals surface area contributed by atoms with E-state index >= 15 is 0 Å². The molecular formula is C23H25N2O3S+. The van der Waals surface area contributed by atoms with Crippen LogP contribution in [0.2, 0.25) is 0 Å². The number of nitrogens with two attached hydrogens (primary N) is 1. The zero-order valence-corrected chi connectivity index (χ0v) is 17.2. The second-order valence-electron chi connectivity index (χ2n) is 7.04. The molecule has 5 nitrogen and oxygen atoms in total. The van der Waals surface area contributed by atoms with Crippen LogP contribution < -0.4 is 20.1 Å². The number of hydrogen-bond acceptors (Lipinski definition) is 4. The first kappa shape index (κ1) is 19.5. The van der Waals surface area contributed by atoms with Crippen molar-refractivity contribution in [3.63, 3.8) is 0 Å². The molecule has 0 fully saturated rings. The van der Waals surface area contributed by atoms with Crippen molar-refractivity contribution in [1.82, 2.24) is 5.32 Å². The number of hydrogen-bond donors (Lipinski definition) is 2. The van der Waals surface area contributed by atoms with Crippen LogP contribution in [0.15, 0.2) is 66.0 Å². The number of quaternary nitrogens is 1. The van der Waals surface area contributed by atoms with Gasteiger partial charge in [0.2, 0.25) is 0 Å². The van der Waals surface area contributed by atoms with E-state index in [1.165, 1.54) is 10.4 Å². The average Bonchev–Trinajstić information content (AvgIpc) is 3.29. The summed E-state index contributed by atoms with van der Waals surface area (Å²) in [6.07, 6.45) is 0. The van der Waals surface area contributed by atoms with Crippen LogP contribution in [-0.2, 0) is 4.79 Å². The van der Waals surface area contributed by atoms with Gasteiger partial charge < -0.3 is 20.1 Å². The van der Waals surface area contributed by atoms with Crippen LogP contribution in [0.25, 0.3) is 0 Å². The maximum Gasteiger partial charge on any atom is 0.275 e. The van der Waals surface area contributed by atoms with Crippen molar-refractivity contribution in [2.75, 3.05) is 19.8 Å². The number of carbonyl (C=O) groups is 1. The lowest BCUT2D eigenvalue weighted by Gasteiger charge is -2.21. The van der Waals surface area contributed by atoms with Gasteiger partial charge in [0.05, 0.1) is 10.9 Å². The summed E-state index contributed by atoms with van der Waals surface area (Å²) in [5, 5.41) is 7.25. The van der Waals surface area contributed by atoms with Crippen molar-refractivity contribution < 1.29 is 19.6 Å². The van der Waals surface area contributed by atoms with Crippen LogP contribution in [0.3, 0.4) is 0 Å². The number of thiophene rings is 1. The van der Waals surface area contributed by atoms with Gasteiger partial charge in [0.1, 0.15) is 19.3 Å². The molecule has 3 aromatic rings. The maximum atomic E-state index is 12.6. The largest absolute Gasteiger partial charge is 0.486 e. The van der Waals surface area contributed by atoms with E-state index in [9.17, 15) is 4.79 Å².